The van der Waals surface area contributed by atoms with E-state index in [0.29, 0.717) is 12.8 Å². The number of carboxylic acids is 1. The molecular weight excluding hydrogens is 340 g/mol. The van der Waals surface area contributed by atoms with Crippen molar-refractivity contribution in [2.45, 2.75) is 39.2 Å². The maximum Gasteiger partial charge on any atom is 0.307 e. The number of amides is 1. The highest BCUT2D eigenvalue weighted by molar-refractivity contribution is 6.10. The number of carbonyl (C=O) groups is 2. The van der Waals surface area contributed by atoms with Crippen molar-refractivity contribution in [3.8, 4) is 0 Å². The molecule has 5 nitrogen and oxygen atoms in total. The molecule has 140 valence electrons. The van der Waals surface area contributed by atoms with Crippen molar-refractivity contribution in [3.63, 3.8) is 0 Å². The van der Waals surface area contributed by atoms with Gasteiger partial charge in [-0.05, 0) is 44.0 Å². The number of aryl methyl sites for hydroxylation is 1. The fourth-order valence-electron chi connectivity index (χ4n) is 4.45. The number of fused-ring (bicyclic) bond motifs is 3. The van der Waals surface area contributed by atoms with Crippen LogP contribution in [-0.4, -0.2) is 21.6 Å². The van der Waals surface area contributed by atoms with Crippen molar-refractivity contribution in [1.29, 1.82) is 0 Å². The van der Waals surface area contributed by atoms with Crippen LogP contribution in [0.4, 0.5) is 5.69 Å². The molecule has 1 fully saturated rings. The molecule has 1 aliphatic rings. The Bertz CT molecular complexity index is 1020. The number of rotatable bonds is 4. The highest BCUT2D eigenvalue weighted by atomic mass is 16.4. The number of aliphatic carboxylic acids is 1. The number of nitrogens with zero attached hydrogens (tertiary/aromatic N) is 1. The van der Waals surface area contributed by atoms with Crippen LogP contribution >= 0.6 is 0 Å². The molecule has 0 saturated heterocycles. The van der Waals surface area contributed by atoms with Crippen LogP contribution in [0, 0.1) is 11.8 Å². The topological polar surface area (TPSA) is 71.3 Å². The van der Waals surface area contributed by atoms with Gasteiger partial charge in [-0.1, -0.05) is 31.0 Å². The zero-order valence-electron chi connectivity index (χ0n) is 15.4. The van der Waals surface area contributed by atoms with Gasteiger partial charge < -0.3 is 15.0 Å². The Balaban J connectivity index is 1.67. The van der Waals surface area contributed by atoms with E-state index in [1.807, 2.05) is 30.3 Å². The monoisotopic (exact) mass is 364 g/mol. The van der Waals surface area contributed by atoms with Crippen LogP contribution in [-0.2, 0) is 16.1 Å². The first-order chi connectivity index (χ1) is 13.1. The van der Waals surface area contributed by atoms with Crippen LogP contribution in [0.5, 0.6) is 0 Å². The Morgan fingerprint density at radius 3 is 2.48 bits per heavy atom. The van der Waals surface area contributed by atoms with Crippen LogP contribution in [0.3, 0.4) is 0 Å². The molecule has 1 heterocycles. The largest absolute Gasteiger partial charge is 0.481 e. The summed E-state index contributed by atoms with van der Waals surface area (Å²) < 4.78 is 2.26. The Hall–Kier alpha value is -2.82. The van der Waals surface area contributed by atoms with Gasteiger partial charge in [-0.15, -0.1) is 0 Å². The van der Waals surface area contributed by atoms with Crippen molar-refractivity contribution in [3.05, 3.63) is 42.5 Å². The summed E-state index contributed by atoms with van der Waals surface area (Å²) in [4.78, 5) is 24.3. The number of carboxylic acid groups (broad SMARTS) is 1. The SMILES string of the molecule is CCn1c2ccccc2c2cc(NC(=O)C3CCCCC3C(=O)O)ccc21. The van der Waals surface area contributed by atoms with E-state index >= 15 is 0 Å². The Morgan fingerprint density at radius 2 is 1.74 bits per heavy atom. The van der Waals surface area contributed by atoms with Gasteiger partial charge in [0.15, 0.2) is 0 Å². The first-order valence-electron chi connectivity index (χ1n) is 9.64. The number of carbonyl (C=O) groups excluding carboxylic acids is 1. The molecule has 1 aromatic heterocycles. The highest BCUT2D eigenvalue weighted by Crippen LogP contribution is 2.33. The first-order valence-corrected chi connectivity index (χ1v) is 9.64. The molecule has 1 saturated carbocycles. The van der Waals surface area contributed by atoms with Crippen molar-refractivity contribution in [1.82, 2.24) is 4.57 Å². The maximum atomic E-state index is 12.8. The van der Waals surface area contributed by atoms with Gasteiger partial charge in [0.25, 0.3) is 0 Å². The standard InChI is InChI=1S/C22H24N2O3/c1-2-24-19-10-6-5-7-15(19)18-13-14(11-12-20(18)24)23-21(25)16-8-3-4-9-17(16)22(26)27/h5-7,10-13,16-17H,2-4,8-9H2,1H3,(H,23,25)(H,26,27). The van der Waals surface area contributed by atoms with Gasteiger partial charge in [0.1, 0.15) is 0 Å². The molecule has 0 spiro atoms. The molecule has 27 heavy (non-hydrogen) atoms. The van der Waals surface area contributed by atoms with Gasteiger partial charge in [0, 0.05) is 34.0 Å². The predicted octanol–water partition coefficient (Wildman–Crippen LogP) is 4.64. The average molecular weight is 364 g/mol. The summed E-state index contributed by atoms with van der Waals surface area (Å²) in [6, 6.07) is 14.2. The summed E-state index contributed by atoms with van der Waals surface area (Å²) in [5, 5.41) is 14.7. The fourth-order valence-corrected chi connectivity index (χ4v) is 4.45. The third-order valence-electron chi connectivity index (χ3n) is 5.78. The molecule has 2 N–H and O–H groups in total. The second-order valence-corrected chi connectivity index (χ2v) is 7.32. The van der Waals surface area contributed by atoms with E-state index in [-0.39, 0.29) is 5.91 Å². The fraction of sp³-hybridized carbons (Fsp3) is 0.364. The molecule has 2 aromatic carbocycles. The molecule has 5 heteroatoms. The van der Waals surface area contributed by atoms with Gasteiger partial charge in [-0.2, -0.15) is 0 Å². The lowest BCUT2D eigenvalue weighted by Crippen LogP contribution is -2.36. The maximum absolute atomic E-state index is 12.8. The molecule has 0 aliphatic heterocycles. The lowest BCUT2D eigenvalue weighted by atomic mass is 9.78. The van der Waals surface area contributed by atoms with Gasteiger partial charge in [-0.3, -0.25) is 9.59 Å². The molecule has 4 rings (SSSR count). The molecule has 2 atom stereocenters. The Labute approximate surface area is 158 Å². The van der Waals surface area contributed by atoms with Gasteiger partial charge in [0.2, 0.25) is 5.91 Å². The number of nitrogens with one attached hydrogen (secondary N) is 1. The number of aromatic nitrogens is 1. The lowest BCUT2D eigenvalue weighted by Gasteiger charge is -2.27. The quantitative estimate of drug-likeness (QED) is 0.708. The minimum absolute atomic E-state index is 0.180. The Kier molecular flexibility index (Phi) is 4.60. The molecule has 1 aliphatic carbocycles. The van der Waals surface area contributed by atoms with Gasteiger partial charge >= 0.3 is 5.97 Å². The zero-order chi connectivity index (χ0) is 19.0. The molecule has 0 bridgehead atoms. The summed E-state index contributed by atoms with van der Waals surface area (Å²) in [7, 11) is 0. The highest BCUT2D eigenvalue weighted by Gasteiger charge is 2.35. The first kappa shape index (κ1) is 17.6. The number of para-hydroxylation sites is 1. The molecule has 0 radical (unpaired) electrons. The smallest absolute Gasteiger partial charge is 0.307 e. The number of benzene rings is 2. The summed E-state index contributed by atoms with van der Waals surface area (Å²) in [6.07, 6.45) is 3.00. The van der Waals surface area contributed by atoms with Gasteiger partial charge in [0.05, 0.1) is 11.8 Å². The van der Waals surface area contributed by atoms with E-state index < -0.39 is 17.8 Å². The van der Waals surface area contributed by atoms with Crippen molar-refractivity contribution >= 4 is 39.4 Å². The summed E-state index contributed by atoms with van der Waals surface area (Å²) in [6.45, 7) is 2.99. The summed E-state index contributed by atoms with van der Waals surface area (Å²) >= 11 is 0. The number of anilines is 1. The third-order valence-corrected chi connectivity index (χ3v) is 5.78. The van der Waals surface area contributed by atoms with E-state index in [9.17, 15) is 14.7 Å². The molecule has 2 unspecified atom stereocenters. The summed E-state index contributed by atoms with van der Waals surface area (Å²) in [5.74, 6) is -2.08. The van der Waals surface area contributed by atoms with Crippen LogP contribution < -0.4 is 5.32 Å². The van der Waals surface area contributed by atoms with Crippen molar-refractivity contribution in [2.24, 2.45) is 11.8 Å². The van der Waals surface area contributed by atoms with Gasteiger partial charge in [-0.25, -0.2) is 0 Å². The molecule has 3 aromatic rings. The van der Waals surface area contributed by atoms with E-state index in [4.69, 9.17) is 0 Å². The number of hydrogen-bond acceptors (Lipinski definition) is 2. The lowest BCUT2D eigenvalue weighted by molar-refractivity contribution is -0.147. The van der Waals surface area contributed by atoms with Crippen molar-refractivity contribution < 1.29 is 14.7 Å². The summed E-state index contributed by atoms with van der Waals surface area (Å²) in [5.41, 5.74) is 3.04. The molecular formula is C22H24N2O3. The predicted molar refractivity (Wildman–Crippen MR) is 107 cm³/mol. The van der Waals surface area contributed by atoms with E-state index in [2.05, 4.69) is 28.9 Å². The van der Waals surface area contributed by atoms with E-state index in [1.165, 1.54) is 5.52 Å². The Morgan fingerprint density at radius 1 is 1.04 bits per heavy atom. The minimum atomic E-state index is -0.865. The normalized spacial score (nSPS) is 20.0. The number of hydrogen-bond donors (Lipinski definition) is 2. The average Bonchev–Trinajstić information content (AvgIpc) is 3.01. The van der Waals surface area contributed by atoms with Crippen LogP contribution in [0.15, 0.2) is 42.5 Å². The van der Waals surface area contributed by atoms with Crippen LogP contribution in [0.25, 0.3) is 21.8 Å². The second-order valence-electron chi connectivity index (χ2n) is 7.32. The van der Waals surface area contributed by atoms with Crippen LogP contribution in [0.2, 0.25) is 0 Å². The van der Waals surface area contributed by atoms with Crippen molar-refractivity contribution in [2.75, 3.05) is 5.32 Å². The third kappa shape index (κ3) is 3.07. The van der Waals surface area contributed by atoms with E-state index in [0.717, 1.165) is 41.4 Å². The molecule has 1 amide bonds. The minimum Gasteiger partial charge on any atom is -0.481 e. The second kappa shape index (κ2) is 7.06. The zero-order valence-corrected chi connectivity index (χ0v) is 15.4. The van der Waals surface area contributed by atoms with Crippen LogP contribution in [0.1, 0.15) is 32.6 Å². The van der Waals surface area contributed by atoms with E-state index in [1.54, 1.807) is 0 Å².